The SMILES string of the molecule is CCC(=O)Nc1ccc(N2C(=O)OC(=Cc3ccc(O)c(F)c3)C2=O)cc1. The van der Waals surface area contributed by atoms with Gasteiger partial charge in [0, 0.05) is 12.1 Å². The van der Waals surface area contributed by atoms with Crippen LogP contribution in [0.1, 0.15) is 18.9 Å². The van der Waals surface area contributed by atoms with Gasteiger partial charge in [0.15, 0.2) is 17.3 Å². The summed E-state index contributed by atoms with van der Waals surface area (Å²) in [6.45, 7) is 1.72. The molecular formula is C19H15FN2O5. The summed E-state index contributed by atoms with van der Waals surface area (Å²) in [6.07, 6.45) is 0.638. The first kappa shape index (κ1) is 18.1. The van der Waals surface area contributed by atoms with Crippen LogP contribution < -0.4 is 10.2 Å². The van der Waals surface area contributed by atoms with Crippen LogP contribution in [0.15, 0.2) is 48.2 Å². The number of phenolic OH excluding ortho intramolecular Hbond substituents is 1. The molecule has 1 saturated heterocycles. The van der Waals surface area contributed by atoms with Crippen LogP contribution in [0.3, 0.4) is 0 Å². The number of imide groups is 1. The Morgan fingerprint density at radius 3 is 2.56 bits per heavy atom. The van der Waals surface area contributed by atoms with Crippen molar-refractivity contribution in [1.29, 1.82) is 0 Å². The van der Waals surface area contributed by atoms with Crippen LogP contribution in [0.25, 0.3) is 6.08 Å². The molecule has 8 heteroatoms. The Bertz CT molecular complexity index is 953. The summed E-state index contributed by atoms with van der Waals surface area (Å²) >= 11 is 0. The molecule has 0 atom stereocenters. The maximum Gasteiger partial charge on any atom is 0.427 e. The van der Waals surface area contributed by atoms with E-state index in [4.69, 9.17) is 4.74 Å². The average Bonchev–Trinajstić information content (AvgIpc) is 2.92. The van der Waals surface area contributed by atoms with Gasteiger partial charge in [-0.15, -0.1) is 0 Å². The lowest BCUT2D eigenvalue weighted by Gasteiger charge is -2.11. The lowest BCUT2D eigenvalue weighted by Crippen LogP contribution is -2.28. The fourth-order valence-electron chi connectivity index (χ4n) is 2.40. The summed E-state index contributed by atoms with van der Waals surface area (Å²) < 4.78 is 18.4. The molecular weight excluding hydrogens is 355 g/mol. The topological polar surface area (TPSA) is 95.9 Å². The highest BCUT2D eigenvalue weighted by Gasteiger charge is 2.37. The van der Waals surface area contributed by atoms with Crippen molar-refractivity contribution in [3.8, 4) is 5.75 Å². The number of nitrogens with zero attached hydrogens (tertiary/aromatic N) is 1. The van der Waals surface area contributed by atoms with Crippen molar-refractivity contribution < 1.29 is 28.6 Å². The Morgan fingerprint density at radius 1 is 1.22 bits per heavy atom. The van der Waals surface area contributed by atoms with Crippen LogP contribution in [-0.4, -0.2) is 23.0 Å². The molecule has 138 valence electrons. The Balaban J connectivity index is 1.82. The van der Waals surface area contributed by atoms with Gasteiger partial charge in [0.2, 0.25) is 5.91 Å². The smallest absolute Gasteiger partial charge is 0.427 e. The number of phenols is 1. The lowest BCUT2D eigenvalue weighted by atomic mass is 10.2. The number of benzene rings is 2. The summed E-state index contributed by atoms with van der Waals surface area (Å²) in [5.41, 5.74) is 1.04. The number of amides is 3. The average molecular weight is 370 g/mol. The minimum absolute atomic E-state index is 0.161. The molecule has 1 aliphatic heterocycles. The number of nitrogens with one attached hydrogen (secondary N) is 1. The number of ether oxygens (including phenoxy) is 1. The van der Waals surface area contributed by atoms with Gasteiger partial charge in [-0.05, 0) is 48.0 Å². The monoisotopic (exact) mass is 370 g/mol. The lowest BCUT2D eigenvalue weighted by molar-refractivity contribution is -0.116. The number of rotatable bonds is 4. The van der Waals surface area contributed by atoms with Crippen LogP contribution in [-0.2, 0) is 14.3 Å². The Hall–Kier alpha value is -3.68. The van der Waals surface area contributed by atoms with Crippen LogP contribution in [0, 0.1) is 5.82 Å². The second-order valence-electron chi connectivity index (χ2n) is 5.68. The van der Waals surface area contributed by atoms with Gasteiger partial charge in [0.1, 0.15) is 0 Å². The van der Waals surface area contributed by atoms with E-state index in [2.05, 4.69) is 5.32 Å². The second-order valence-corrected chi connectivity index (χ2v) is 5.68. The molecule has 2 aromatic carbocycles. The summed E-state index contributed by atoms with van der Waals surface area (Å²) in [4.78, 5) is 36.8. The molecule has 0 aliphatic carbocycles. The summed E-state index contributed by atoms with van der Waals surface area (Å²) in [7, 11) is 0. The van der Waals surface area contributed by atoms with Crippen LogP contribution >= 0.6 is 0 Å². The van der Waals surface area contributed by atoms with Gasteiger partial charge in [-0.3, -0.25) is 9.59 Å². The third kappa shape index (κ3) is 3.79. The highest BCUT2D eigenvalue weighted by Crippen LogP contribution is 2.28. The van der Waals surface area contributed by atoms with Gasteiger partial charge in [0.05, 0.1) is 5.69 Å². The number of hydrogen-bond acceptors (Lipinski definition) is 5. The zero-order chi connectivity index (χ0) is 19.6. The van der Waals surface area contributed by atoms with Gasteiger partial charge in [-0.2, -0.15) is 0 Å². The largest absolute Gasteiger partial charge is 0.505 e. The van der Waals surface area contributed by atoms with Gasteiger partial charge in [-0.1, -0.05) is 13.0 Å². The van der Waals surface area contributed by atoms with Crippen molar-refractivity contribution in [2.24, 2.45) is 0 Å². The van der Waals surface area contributed by atoms with Crippen LogP contribution in [0.5, 0.6) is 5.75 Å². The minimum atomic E-state index is -0.893. The molecule has 0 spiro atoms. The normalized spacial score (nSPS) is 15.2. The fourth-order valence-corrected chi connectivity index (χ4v) is 2.40. The fraction of sp³-hybridized carbons (Fsp3) is 0.105. The third-order valence-electron chi connectivity index (χ3n) is 3.79. The molecule has 0 radical (unpaired) electrons. The zero-order valence-corrected chi connectivity index (χ0v) is 14.2. The van der Waals surface area contributed by atoms with Crippen molar-refractivity contribution >= 4 is 35.4 Å². The Labute approximate surface area is 153 Å². The maximum absolute atomic E-state index is 13.4. The molecule has 0 unspecified atom stereocenters. The highest BCUT2D eigenvalue weighted by molar-refractivity contribution is 6.24. The molecule has 7 nitrogen and oxygen atoms in total. The van der Waals surface area contributed by atoms with Gasteiger partial charge in [0.25, 0.3) is 0 Å². The van der Waals surface area contributed by atoms with Gasteiger partial charge >= 0.3 is 12.0 Å². The van der Waals surface area contributed by atoms with E-state index in [0.29, 0.717) is 12.1 Å². The molecule has 1 heterocycles. The number of hydrogen-bond donors (Lipinski definition) is 2. The molecule has 2 aromatic rings. The van der Waals surface area contributed by atoms with E-state index in [-0.39, 0.29) is 22.9 Å². The van der Waals surface area contributed by atoms with E-state index in [0.717, 1.165) is 17.0 Å². The van der Waals surface area contributed by atoms with E-state index >= 15 is 0 Å². The number of halogens is 1. The molecule has 1 fully saturated rings. The van der Waals surface area contributed by atoms with Crippen molar-refractivity contribution in [1.82, 2.24) is 0 Å². The standard InChI is InChI=1S/C19H15FN2O5/c1-2-17(24)21-12-4-6-13(7-5-12)22-18(25)16(27-19(22)26)10-11-3-8-15(23)14(20)9-11/h3-10,23H,2H2,1H3,(H,21,24). The van der Waals surface area contributed by atoms with E-state index in [1.807, 2.05) is 0 Å². The zero-order valence-electron chi connectivity index (χ0n) is 14.2. The predicted octanol–water partition coefficient (Wildman–Crippen LogP) is 3.40. The predicted molar refractivity (Wildman–Crippen MR) is 95.4 cm³/mol. The molecule has 2 N–H and O–H groups in total. The van der Waals surface area contributed by atoms with Gasteiger partial charge in [-0.25, -0.2) is 14.1 Å². The molecule has 27 heavy (non-hydrogen) atoms. The summed E-state index contributed by atoms with van der Waals surface area (Å²) in [5, 5.41) is 11.9. The van der Waals surface area contributed by atoms with Crippen LogP contribution in [0.4, 0.5) is 20.6 Å². The van der Waals surface area contributed by atoms with Crippen molar-refractivity contribution in [2.75, 3.05) is 10.2 Å². The summed E-state index contributed by atoms with van der Waals surface area (Å²) in [5.74, 6) is -2.52. The molecule has 0 aromatic heterocycles. The molecule has 0 saturated carbocycles. The first-order valence-corrected chi connectivity index (χ1v) is 8.05. The van der Waals surface area contributed by atoms with Crippen molar-refractivity contribution in [2.45, 2.75) is 13.3 Å². The van der Waals surface area contributed by atoms with Gasteiger partial charge < -0.3 is 15.2 Å². The number of carbonyl (C=O) groups excluding carboxylic acids is 3. The van der Waals surface area contributed by atoms with E-state index in [9.17, 15) is 23.9 Å². The first-order valence-electron chi connectivity index (χ1n) is 8.05. The Morgan fingerprint density at radius 2 is 1.93 bits per heavy atom. The summed E-state index contributed by atoms with van der Waals surface area (Å²) in [6, 6.07) is 9.62. The van der Waals surface area contributed by atoms with Crippen molar-refractivity contribution in [3.05, 3.63) is 59.6 Å². The molecule has 1 aliphatic rings. The second kappa shape index (κ2) is 7.28. The van der Waals surface area contributed by atoms with E-state index in [1.54, 1.807) is 19.1 Å². The van der Waals surface area contributed by atoms with E-state index < -0.39 is 23.6 Å². The number of anilines is 2. The first-order chi connectivity index (χ1) is 12.9. The molecule has 3 rings (SSSR count). The highest BCUT2D eigenvalue weighted by atomic mass is 19.1. The Kier molecular flexibility index (Phi) is 4.89. The molecule has 0 bridgehead atoms. The third-order valence-corrected chi connectivity index (χ3v) is 3.79. The quantitative estimate of drug-likeness (QED) is 0.804. The number of carbonyl (C=O) groups is 3. The number of cyclic esters (lactones) is 1. The van der Waals surface area contributed by atoms with Crippen LogP contribution in [0.2, 0.25) is 0 Å². The number of aromatic hydroxyl groups is 1. The minimum Gasteiger partial charge on any atom is -0.505 e. The molecule has 3 amide bonds. The van der Waals surface area contributed by atoms with E-state index in [1.165, 1.54) is 24.3 Å². The van der Waals surface area contributed by atoms with Crippen molar-refractivity contribution in [3.63, 3.8) is 0 Å². The maximum atomic E-state index is 13.4.